The van der Waals surface area contributed by atoms with Crippen molar-refractivity contribution >= 4 is 11.6 Å². The summed E-state index contributed by atoms with van der Waals surface area (Å²) in [6, 6.07) is 10.7. The molecule has 0 saturated carbocycles. The Hall–Kier alpha value is -2.87. The molecule has 2 aliphatic rings. The number of nitrogens with one attached hydrogen (secondary N) is 1. The molecule has 0 unspecified atom stereocenters. The number of benzene rings is 2. The van der Waals surface area contributed by atoms with Gasteiger partial charge < -0.3 is 24.3 Å². The molecule has 0 radical (unpaired) electrons. The second kappa shape index (κ2) is 7.03. The van der Waals surface area contributed by atoms with Gasteiger partial charge in [-0.2, -0.15) is 0 Å². The molecule has 1 N–H and O–H groups in total. The van der Waals surface area contributed by atoms with Crippen molar-refractivity contribution in [3.63, 3.8) is 0 Å². The summed E-state index contributed by atoms with van der Waals surface area (Å²) in [6.45, 7) is 1.25. The van der Waals surface area contributed by atoms with Crippen LogP contribution in [0.15, 0.2) is 42.5 Å². The van der Waals surface area contributed by atoms with Crippen LogP contribution in [0, 0.1) is 0 Å². The highest BCUT2D eigenvalue weighted by atomic mass is 19.3. The van der Waals surface area contributed by atoms with Crippen molar-refractivity contribution in [3.8, 4) is 17.2 Å². The predicted molar refractivity (Wildman–Crippen MR) is 91.5 cm³/mol. The topological polar surface area (TPSA) is 66.0 Å². The maximum atomic E-state index is 13.0. The molecule has 0 aromatic heterocycles. The number of amides is 1. The Bertz CT molecular complexity index is 834. The van der Waals surface area contributed by atoms with Crippen LogP contribution in [-0.4, -0.2) is 31.5 Å². The van der Waals surface area contributed by atoms with E-state index < -0.39 is 6.29 Å². The van der Waals surface area contributed by atoms with E-state index in [2.05, 4.69) is 14.8 Å². The summed E-state index contributed by atoms with van der Waals surface area (Å²) in [7, 11) is 0. The molecule has 1 saturated heterocycles. The summed E-state index contributed by atoms with van der Waals surface area (Å²) in [5.74, 6) is 0.0556. The molecule has 2 aromatic rings. The normalized spacial score (nSPS) is 19.7. The highest BCUT2D eigenvalue weighted by Gasteiger charge is 2.43. The standard InChI is InChI=1S/C19H17F2NO5/c20-19(21)26-16-8-5-13(10-17(16)27-19)22-18(23)12-3-6-14(7-4-12)25-11-15-2-1-9-24-15/h3-8,10,15H,1-2,9,11H2,(H,22,23)/t15-/m0/s1. The van der Waals surface area contributed by atoms with Crippen LogP contribution >= 0.6 is 0 Å². The molecule has 8 heteroatoms. The molecule has 27 heavy (non-hydrogen) atoms. The maximum absolute atomic E-state index is 13.0. The molecule has 1 atom stereocenters. The van der Waals surface area contributed by atoms with E-state index in [1.54, 1.807) is 24.3 Å². The van der Waals surface area contributed by atoms with E-state index in [9.17, 15) is 13.6 Å². The molecule has 1 fully saturated rings. The number of carbonyl (C=O) groups excluding carboxylic acids is 1. The van der Waals surface area contributed by atoms with Crippen LogP contribution in [0.4, 0.5) is 14.5 Å². The molecule has 0 aliphatic carbocycles. The van der Waals surface area contributed by atoms with Crippen molar-refractivity contribution in [1.29, 1.82) is 0 Å². The van der Waals surface area contributed by atoms with E-state index in [1.807, 2.05) is 0 Å². The van der Waals surface area contributed by atoms with Gasteiger partial charge in [0.25, 0.3) is 5.91 Å². The van der Waals surface area contributed by atoms with Gasteiger partial charge in [-0.3, -0.25) is 4.79 Å². The number of anilines is 1. The molecule has 2 heterocycles. The fourth-order valence-corrected chi connectivity index (χ4v) is 2.90. The summed E-state index contributed by atoms with van der Waals surface area (Å²) in [5.41, 5.74) is 0.723. The SMILES string of the molecule is O=C(Nc1ccc2c(c1)OC(F)(F)O2)c1ccc(OC[C@@H]2CCCO2)cc1. The smallest absolute Gasteiger partial charge is 0.491 e. The minimum atomic E-state index is -3.69. The summed E-state index contributed by atoms with van der Waals surface area (Å²) in [5, 5.41) is 2.63. The summed E-state index contributed by atoms with van der Waals surface area (Å²) in [4.78, 5) is 12.3. The third-order valence-corrected chi connectivity index (χ3v) is 4.24. The monoisotopic (exact) mass is 377 g/mol. The summed E-state index contributed by atoms with van der Waals surface area (Å²) < 4.78 is 45.9. The molecule has 2 aromatic carbocycles. The van der Waals surface area contributed by atoms with Gasteiger partial charge in [-0.25, -0.2) is 0 Å². The second-order valence-electron chi connectivity index (χ2n) is 6.25. The number of hydrogen-bond donors (Lipinski definition) is 1. The third kappa shape index (κ3) is 4.11. The zero-order valence-electron chi connectivity index (χ0n) is 14.2. The number of rotatable bonds is 5. The second-order valence-corrected chi connectivity index (χ2v) is 6.25. The maximum Gasteiger partial charge on any atom is 0.586 e. The van der Waals surface area contributed by atoms with E-state index in [1.165, 1.54) is 18.2 Å². The van der Waals surface area contributed by atoms with Gasteiger partial charge in [0.05, 0.1) is 6.10 Å². The molecule has 1 amide bonds. The molecule has 142 valence electrons. The van der Waals surface area contributed by atoms with E-state index >= 15 is 0 Å². The lowest BCUT2D eigenvalue weighted by atomic mass is 10.2. The van der Waals surface area contributed by atoms with E-state index in [4.69, 9.17) is 9.47 Å². The van der Waals surface area contributed by atoms with E-state index in [-0.39, 0.29) is 23.5 Å². The molecule has 0 bridgehead atoms. The lowest BCUT2D eigenvalue weighted by molar-refractivity contribution is -0.286. The van der Waals surface area contributed by atoms with Gasteiger partial charge in [-0.1, -0.05) is 0 Å². The van der Waals surface area contributed by atoms with Gasteiger partial charge in [-0.05, 0) is 49.2 Å². The zero-order chi connectivity index (χ0) is 18.9. The van der Waals surface area contributed by atoms with Gasteiger partial charge in [0.15, 0.2) is 11.5 Å². The number of carbonyl (C=O) groups is 1. The van der Waals surface area contributed by atoms with Crippen LogP contribution in [-0.2, 0) is 4.74 Å². The molecule has 6 nitrogen and oxygen atoms in total. The number of fused-ring (bicyclic) bond motifs is 1. The highest BCUT2D eigenvalue weighted by Crippen LogP contribution is 2.42. The Labute approximate surface area is 154 Å². The fraction of sp³-hybridized carbons (Fsp3) is 0.316. The van der Waals surface area contributed by atoms with Crippen molar-refractivity contribution in [1.82, 2.24) is 0 Å². The van der Waals surface area contributed by atoms with Crippen molar-refractivity contribution in [2.24, 2.45) is 0 Å². The van der Waals surface area contributed by atoms with Gasteiger partial charge in [0.1, 0.15) is 12.4 Å². The molecule has 0 spiro atoms. The predicted octanol–water partition coefficient (Wildman–Crippen LogP) is 3.82. The van der Waals surface area contributed by atoms with Gasteiger partial charge in [0.2, 0.25) is 0 Å². The van der Waals surface area contributed by atoms with Crippen LogP contribution in [0.5, 0.6) is 17.2 Å². The minimum absolute atomic E-state index is 0.0780. The Morgan fingerprint density at radius 3 is 2.67 bits per heavy atom. The number of halogens is 2. The minimum Gasteiger partial charge on any atom is -0.491 e. The van der Waals surface area contributed by atoms with Crippen molar-refractivity contribution in [2.45, 2.75) is 25.2 Å². The van der Waals surface area contributed by atoms with Gasteiger partial charge in [0, 0.05) is 23.9 Å². The van der Waals surface area contributed by atoms with Gasteiger partial charge in [-0.15, -0.1) is 8.78 Å². The fourth-order valence-electron chi connectivity index (χ4n) is 2.90. The van der Waals surface area contributed by atoms with Crippen molar-refractivity contribution in [2.75, 3.05) is 18.5 Å². The van der Waals surface area contributed by atoms with Crippen LogP contribution < -0.4 is 19.5 Å². The van der Waals surface area contributed by atoms with Gasteiger partial charge >= 0.3 is 6.29 Å². The number of ether oxygens (including phenoxy) is 4. The first-order chi connectivity index (χ1) is 13.0. The third-order valence-electron chi connectivity index (χ3n) is 4.24. The summed E-state index contributed by atoms with van der Waals surface area (Å²) in [6.07, 6.45) is -1.54. The number of alkyl halides is 2. The largest absolute Gasteiger partial charge is 0.586 e. The van der Waals surface area contributed by atoms with Crippen molar-refractivity contribution in [3.05, 3.63) is 48.0 Å². The first-order valence-electron chi connectivity index (χ1n) is 8.54. The first-order valence-corrected chi connectivity index (χ1v) is 8.54. The molecule has 4 rings (SSSR count). The summed E-state index contributed by atoms with van der Waals surface area (Å²) >= 11 is 0. The quantitative estimate of drug-likeness (QED) is 0.858. The Kier molecular flexibility index (Phi) is 4.57. The number of hydrogen-bond acceptors (Lipinski definition) is 5. The average molecular weight is 377 g/mol. The van der Waals surface area contributed by atoms with E-state index in [0.29, 0.717) is 23.6 Å². The highest BCUT2D eigenvalue weighted by molar-refractivity contribution is 6.04. The van der Waals surface area contributed by atoms with Crippen LogP contribution in [0.3, 0.4) is 0 Å². The van der Waals surface area contributed by atoms with E-state index in [0.717, 1.165) is 19.4 Å². The van der Waals surface area contributed by atoms with Crippen molar-refractivity contribution < 1.29 is 32.5 Å². The molecular weight excluding hydrogens is 360 g/mol. The Morgan fingerprint density at radius 1 is 1.15 bits per heavy atom. The lowest BCUT2D eigenvalue weighted by Gasteiger charge is -2.12. The molecular formula is C19H17F2NO5. The zero-order valence-corrected chi connectivity index (χ0v) is 14.2. The first kappa shape index (κ1) is 17.5. The lowest BCUT2D eigenvalue weighted by Crippen LogP contribution is -2.25. The Balaban J connectivity index is 1.36. The van der Waals surface area contributed by atoms with Crippen LogP contribution in [0.2, 0.25) is 0 Å². The average Bonchev–Trinajstić information content (AvgIpc) is 3.26. The van der Waals surface area contributed by atoms with Crippen LogP contribution in [0.25, 0.3) is 0 Å². The Morgan fingerprint density at radius 2 is 1.93 bits per heavy atom. The molecule has 2 aliphatic heterocycles. The van der Waals surface area contributed by atoms with Crippen LogP contribution in [0.1, 0.15) is 23.2 Å².